The van der Waals surface area contributed by atoms with E-state index in [0.29, 0.717) is 0 Å². The average molecular weight is 377 g/mol. The van der Waals surface area contributed by atoms with Crippen LogP contribution in [0.25, 0.3) is 0 Å². The average Bonchev–Trinajstić information content (AvgIpc) is 2.74. The molecule has 146 valence electrons. The maximum atomic E-state index is 12.7. The zero-order valence-corrected chi connectivity index (χ0v) is 16.9. The molecule has 2 aromatic rings. The lowest BCUT2D eigenvalue weighted by molar-refractivity contribution is -0.112. The number of hydrogen-bond acceptors (Lipinski definition) is 4. The van der Waals surface area contributed by atoms with Crippen molar-refractivity contribution in [2.24, 2.45) is 0 Å². The Morgan fingerprint density at radius 2 is 1.75 bits per heavy atom. The van der Waals surface area contributed by atoms with Gasteiger partial charge in [-0.15, -0.1) is 0 Å². The number of benzene rings is 2. The van der Waals surface area contributed by atoms with Gasteiger partial charge in [-0.3, -0.25) is 4.79 Å². The van der Waals surface area contributed by atoms with Crippen molar-refractivity contribution in [2.45, 2.75) is 39.7 Å². The van der Waals surface area contributed by atoms with E-state index in [4.69, 9.17) is 4.74 Å². The maximum Gasteiger partial charge on any atom is 0.267 e. The molecule has 2 N–H and O–H groups in total. The van der Waals surface area contributed by atoms with Crippen molar-refractivity contribution in [3.05, 3.63) is 70.9 Å². The number of hydrogen-bond donors (Lipinski definition) is 2. The summed E-state index contributed by atoms with van der Waals surface area (Å²) in [6.07, 6.45) is 3.09. The predicted octanol–water partition coefficient (Wildman–Crippen LogP) is 4.52. The van der Waals surface area contributed by atoms with E-state index in [1.165, 1.54) is 6.20 Å². The van der Waals surface area contributed by atoms with Crippen LogP contribution < -0.4 is 15.4 Å². The standard InChI is InChI=1S/C23H27N3O2/c1-5-17-8-7-9-18(6-2)22(17)26-23(27)20(14-24)15-25-16(3)19-10-12-21(28-4)13-11-19/h7-13,15-16,25H,5-6H2,1-4H3,(H,26,27)/b20-15-. The van der Waals surface area contributed by atoms with Crippen LogP contribution >= 0.6 is 0 Å². The Labute approximate surface area is 167 Å². The Morgan fingerprint density at radius 3 is 2.25 bits per heavy atom. The molecule has 5 nitrogen and oxygen atoms in total. The van der Waals surface area contributed by atoms with Crippen LogP contribution in [0.15, 0.2) is 54.2 Å². The number of aryl methyl sites for hydroxylation is 2. The minimum Gasteiger partial charge on any atom is -0.497 e. The quantitative estimate of drug-likeness (QED) is 0.524. The topological polar surface area (TPSA) is 74.2 Å². The number of rotatable bonds is 8. The summed E-state index contributed by atoms with van der Waals surface area (Å²) in [7, 11) is 1.62. The van der Waals surface area contributed by atoms with E-state index in [-0.39, 0.29) is 11.6 Å². The zero-order valence-electron chi connectivity index (χ0n) is 16.9. The number of anilines is 1. The molecule has 0 heterocycles. The van der Waals surface area contributed by atoms with Gasteiger partial charge in [0.25, 0.3) is 5.91 Å². The molecule has 0 bridgehead atoms. The third-order valence-corrected chi connectivity index (χ3v) is 4.70. The van der Waals surface area contributed by atoms with Gasteiger partial charge in [0.15, 0.2) is 0 Å². The first-order chi connectivity index (χ1) is 13.5. The van der Waals surface area contributed by atoms with Gasteiger partial charge in [-0.2, -0.15) is 5.26 Å². The Bertz CT molecular complexity index is 857. The highest BCUT2D eigenvalue weighted by atomic mass is 16.5. The van der Waals surface area contributed by atoms with Gasteiger partial charge in [0.05, 0.1) is 7.11 Å². The number of carbonyl (C=O) groups is 1. The molecule has 2 aromatic carbocycles. The first-order valence-electron chi connectivity index (χ1n) is 9.46. The number of carbonyl (C=O) groups excluding carboxylic acids is 1. The van der Waals surface area contributed by atoms with Gasteiger partial charge < -0.3 is 15.4 Å². The van der Waals surface area contributed by atoms with E-state index in [9.17, 15) is 10.1 Å². The largest absolute Gasteiger partial charge is 0.497 e. The van der Waals surface area contributed by atoms with Crippen LogP contribution in [-0.2, 0) is 17.6 Å². The number of nitrogens with zero attached hydrogens (tertiary/aromatic N) is 1. The van der Waals surface area contributed by atoms with E-state index in [1.807, 2.05) is 69.3 Å². The fourth-order valence-corrected chi connectivity index (χ4v) is 2.93. The van der Waals surface area contributed by atoms with Crippen LogP contribution in [0.2, 0.25) is 0 Å². The van der Waals surface area contributed by atoms with Gasteiger partial charge >= 0.3 is 0 Å². The Morgan fingerprint density at radius 1 is 1.14 bits per heavy atom. The molecule has 0 fully saturated rings. The molecule has 0 aliphatic heterocycles. The smallest absolute Gasteiger partial charge is 0.267 e. The van der Waals surface area contributed by atoms with Crippen molar-refractivity contribution in [1.29, 1.82) is 5.26 Å². The third kappa shape index (κ3) is 5.14. The van der Waals surface area contributed by atoms with Crippen LogP contribution in [0.1, 0.15) is 43.5 Å². The predicted molar refractivity (Wildman–Crippen MR) is 112 cm³/mol. The molecule has 0 aliphatic carbocycles. The van der Waals surface area contributed by atoms with Crippen molar-refractivity contribution in [3.63, 3.8) is 0 Å². The number of nitriles is 1. The monoisotopic (exact) mass is 377 g/mol. The molecular formula is C23H27N3O2. The number of amides is 1. The molecule has 1 atom stereocenters. The molecule has 0 saturated heterocycles. The molecule has 5 heteroatoms. The van der Waals surface area contributed by atoms with Gasteiger partial charge in [0.2, 0.25) is 0 Å². The van der Waals surface area contributed by atoms with Gasteiger partial charge in [-0.25, -0.2) is 0 Å². The van der Waals surface area contributed by atoms with E-state index >= 15 is 0 Å². The third-order valence-electron chi connectivity index (χ3n) is 4.70. The first-order valence-corrected chi connectivity index (χ1v) is 9.46. The number of para-hydroxylation sites is 1. The number of methoxy groups -OCH3 is 1. The normalized spacial score (nSPS) is 12.0. The molecule has 0 saturated carbocycles. The van der Waals surface area contributed by atoms with Crippen molar-refractivity contribution >= 4 is 11.6 Å². The Balaban J connectivity index is 2.14. The highest BCUT2D eigenvalue weighted by molar-refractivity contribution is 6.07. The van der Waals surface area contributed by atoms with E-state index in [2.05, 4.69) is 10.6 Å². The SMILES string of the molecule is CCc1cccc(CC)c1NC(=O)/C(C#N)=C\NC(C)c1ccc(OC)cc1. The van der Waals surface area contributed by atoms with Crippen LogP contribution in [0.5, 0.6) is 5.75 Å². The molecule has 0 aromatic heterocycles. The molecule has 1 amide bonds. The minimum atomic E-state index is -0.410. The van der Waals surface area contributed by atoms with Crippen molar-refractivity contribution < 1.29 is 9.53 Å². The molecule has 0 radical (unpaired) electrons. The van der Waals surface area contributed by atoms with Gasteiger partial charge in [0, 0.05) is 17.9 Å². The molecule has 0 spiro atoms. The van der Waals surface area contributed by atoms with Gasteiger partial charge in [-0.05, 0) is 48.6 Å². The second kappa shape index (κ2) is 10.2. The molecule has 2 rings (SSSR count). The van der Waals surface area contributed by atoms with Gasteiger partial charge in [0.1, 0.15) is 17.4 Å². The van der Waals surface area contributed by atoms with E-state index < -0.39 is 5.91 Å². The van der Waals surface area contributed by atoms with E-state index in [1.54, 1.807) is 7.11 Å². The highest BCUT2D eigenvalue weighted by Gasteiger charge is 2.14. The Hall–Kier alpha value is -3.26. The second-order valence-corrected chi connectivity index (χ2v) is 6.44. The summed E-state index contributed by atoms with van der Waals surface area (Å²) in [5.41, 5.74) is 3.99. The van der Waals surface area contributed by atoms with Gasteiger partial charge in [-0.1, -0.05) is 44.2 Å². The van der Waals surface area contributed by atoms with E-state index in [0.717, 1.165) is 41.0 Å². The minimum absolute atomic E-state index is 0.0355. The van der Waals surface area contributed by atoms with Crippen molar-refractivity contribution in [2.75, 3.05) is 12.4 Å². The summed E-state index contributed by atoms with van der Waals surface area (Å²) >= 11 is 0. The second-order valence-electron chi connectivity index (χ2n) is 6.44. The summed E-state index contributed by atoms with van der Waals surface area (Å²) in [6, 6.07) is 15.6. The molecule has 28 heavy (non-hydrogen) atoms. The number of ether oxygens (including phenoxy) is 1. The van der Waals surface area contributed by atoms with Crippen LogP contribution in [0.4, 0.5) is 5.69 Å². The molecule has 1 unspecified atom stereocenters. The summed E-state index contributed by atoms with van der Waals surface area (Å²) in [6.45, 7) is 6.06. The lowest BCUT2D eigenvalue weighted by Crippen LogP contribution is -2.20. The maximum absolute atomic E-state index is 12.7. The van der Waals surface area contributed by atoms with Crippen LogP contribution in [-0.4, -0.2) is 13.0 Å². The highest BCUT2D eigenvalue weighted by Crippen LogP contribution is 2.23. The zero-order chi connectivity index (χ0) is 20.5. The van der Waals surface area contributed by atoms with Crippen LogP contribution in [0.3, 0.4) is 0 Å². The van der Waals surface area contributed by atoms with Crippen LogP contribution in [0, 0.1) is 11.3 Å². The lowest BCUT2D eigenvalue weighted by atomic mass is 10.0. The number of nitrogens with one attached hydrogen (secondary N) is 2. The summed E-state index contributed by atoms with van der Waals surface area (Å²) in [5, 5.41) is 15.5. The lowest BCUT2D eigenvalue weighted by Gasteiger charge is -2.15. The fourth-order valence-electron chi connectivity index (χ4n) is 2.93. The first kappa shape index (κ1) is 21.0. The summed E-state index contributed by atoms with van der Waals surface area (Å²) < 4.78 is 5.16. The Kier molecular flexibility index (Phi) is 7.65. The summed E-state index contributed by atoms with van der Waals surface area (Å²) in [4.78, 5) is 12.7. The summed E-state index contributed by atoms with van der Waals surface area (Å²) in [5.74, 6) is 0.373. The molecular weight excluding hydrogens is 350 g/mol. The van der Waals surface area contributed by atoms with Crippen molar-refractivity contribution in [3.8, 4) is 11.8 Å². The molecule has 0 aliphatic rings. The fraction of sp³-hybridized carbons (Fsp3) is 0.304. The van der Waals surface area contributed by atoms with Crippen molar-refractivity contribution in [1.82, 2.24) is 5.32 Å².